The van der Waals surface area contributed by atoms with E-state index >= 15 is 0 Å². The summed E-state index contributed by atoms with van der Waals surface area (Å²) in [5.41, 5.74) is 2.55. The van der Waals surface area contributed by atoms with Gasteiger partial charge in [0.15, 0.2) is 11.6 Å². The number of aromatic nitrogens is 3. The minimum Gasteiger partial charge on any atom is -0.436 e. The fourth-order valence-electron chi connectivity index (χ4n) is 2.87. The molecule has 4 rings (SSSR count). The number of aryl methyl sites for hydroxylation is 2. The molecule has 0 atom stereocenters. The Balaban J connectivity index is 2.00. The lowest BCUT2D eigenvalue weighted by molar-refractivity contribution is -0.632. The SMILES string of the molecule is Cc1ccc2c3c(oc2n1)=CN(C)B([n+]1cccn1C)C=3. The molecule has 0 aliphatic carbocycles. The smallest absolute Gasteiger partial charge is 0.436 e. The van der Waals surface area contributed by atoms with E-state index in [1.807, 2.05) is 38.5 Å². The van der Waals surface area contributed by atoms with Crippen LogP contribution in [0.1, 0.15) is 5.69 Å². The van der Waals surface area contributed by atoms with Crippen LogP contribution in [0.3, 0.4) is 0 Å². The van der Waals surface area contributed by atoms with Gasteiger partial charge in [-0.05, 0) is 26.1 Å². The molecule has 0 fully saturated rings. The monoisotopic (exact) mass is 279 g/mol. The Labute approximate surface area is 122 Å². The average molecular weight is 279 g/mol. The first-order chi connectivity index (χ1) is 10.1. The normalized spacial score (nSPS) is 14.0. The molecule has 6 heteroatoms. The van der Waals surface area contributed by atoms with Gasteiger partial charge < -0.3 is 9.23 Å². The zero-order valence-electron chi connectivity index (χ0n) is 12.3. The second-order valence-electron chi connectivity index (χ2n) is 5.50. The van der Waals surface area contributed by atoms with Gasteiger partial charge in [-0.15, -0.1) is 0 Å². The van der Waals surface area contributed by atoms with Gasteiger partial charge in [0, 0.05) is 34.5 Å². The van der Waals surface area contributed by atoms with E-state index in [4.69, 9.17) is 4.42 Å². The summed E-state index contributed by atoms with van der Waals surface area (Å²) in [4.78, 5) is 6.61. The fraction of sp³-hybridized carbons (Fsp3) is 0.200. The van der Waals surface area contributed by atoms with Gasteiger partial charge in [0.1, 0.15) is 0 Å². The molecule has 0 aromatic carbocycles. The number of fused-ring (bicyclic) bond motifs is 3. The fourth-order valence-corrected chi connectivity index (χ4v) is 2.87. The summed E-state index contributed by atoms with van der Waals surface area (Å²) < 4.78 is 10.1. The second kappa shape index (κ2) is 4.25. The van der Waals surface area contributed by atoms with Crippen LogP contribution in [0.25, 0.3) is 23.3 Å². The Morgan fingerprint density at radius 1 is 1.29 bits per heavy atom. The third-order valence-electron chi connectivity index (χ3n) is 3.99. The van der Waals surface area contributed by atoms with Crippen LogP contribution in [0, 0.1) is 6.92 Å². The van der Waals surface area contributed by atoms with Crippen molar-refractivity contribution in [3.63, 3.8) is 0 Å². The lowest BCUT2D eigenvalue weighted by atomic mass is 9.72. The molecule has 0 bridgehead atoms. The van der Waals surface area contributed by atoms with Crippen molar-refractivity contribution in [3.8, 4) is 0 Å². The van der Waals surface area contributed by atoms with Crippen LogP contribution in [0.4, 0.5) is 0 Å². The lowest BCUT2D eigenvalue weighted by Gasteiger charge is -2.15. The molecule has 0 radical (unpaired) electrons. The number of hydrogen-bond donors (Lipinski definition) is 0. The molecule has 4 heterocycles. The van der Waals surface area contributed by atoms with Crippen LogP contribution < -0.4 is 15.2 Å². The topological polar surface area (TPSA) is 38.1 Å². The number of pyridine rings is 1. The highest BCUT2D eigenvalue weighted by Crippen LogP contribution is 2.08. The number of hydrogen-bond acceptors (Lipinski definition) is 3. The summed E-state index contributed by atoms with van der Waals surface area (Å²) >= 11 is 0. The van der Waals surface area contributed by atoms with Crippen molar-refractivity contribution in [1.29, 1.82) is 0 Å². The van der Waals surface area contributed by atoms with Crippen molar-refractivity contribution < 1.29 is 9.01 Å². The summed E-state index contributed by atoms with van der Waals surface area (Å²) in [5.74, 6) is 2.22. The Morgan fingerprint density at radius 3 is 2.90 bits per heavy atom. The molecular weight excluding hydrogens is 263 g/mol. The maximum Gasteiger partial charge on any atom is 0.669 e. The van der Waals surface area contributed by atoms with E-state index in [1.54, 1.807) is 0 Å². The number of rotatable bonds is 1. The Kier molecular flexibility index (Phi) is 2.48. The van der Waals surface area contributed by atoms with Gasteiger partial charge in [-0.3, -0.25) is 0 Å². The lowest BCUT2D eigenvalue weighted by Crippen LogP contribution is -2.64. The minimum atomic E-state index is 0.125. The van der Waals surface area contributed by atoms with E-state index in [0.29, 0.717) is 5.71 Å². The second-order valence-corrected chi connectivity index (χ2v) is 5.50. The van der Waals surface area contributed by atoms with Crippen molar-refractivity contribution in [2.75, 3.05) is 7.05 Å². The summed E-state index contributed by atoms with van der Waals surface area (Å²) in [6, 6.07) is 6.15. The predicted octanol–water partition coefficient (Wildman–Crippen LogP) is -0.198. The average Bonchev–Trinajstić information content (AvgIpc) is 3.00. The summed E-state index contributed by atoms with van der Waals surface area (Å²) in [7, 11) is 4.09. The highest BCUT2D eigenvalue weighted by Gasteiger charge is 2.36. The molecule has 0 saturated heterocycles. The Bertz CT molecular complexity index is 956. The summed E-state index contributed by atoms with van der Waals surface area (Å²) in [5, 5.41) is 2.19. The third-order valence-corrected chi connectivity index (χ3v) is 3.99. The molecule has 1 aliphatic heterocycles. The van der Waals surface area contributed by atoms with Crippen LogP contribution in [-0.2, 0) is 7.05 Å². The maximum atomic E-state index is 5.88. The van der Waals surface area contributed by atoms with Crippen molar-refractivity contribution in [2.45, 2.75) is 6.92 Å². The van der Waals surface area contributed by atoms with Gasteiger partial charge in [0.2, 0.25) is 5.71 Å². The van der Waals surface area contributed by atoms with Crippen molar-refractivity contribution in [2.24, 2.45) is 7.05 Å². The van der Waals surface area contributed by atoms with Gasteiger partial charge in [-0.2, -0.15) is 9.27 Å². The summed E-state index contributed by atoms with van der Waals surface area (Å²) in [6.07, 6.45) is 6.15. The molecule has 21 heavy (non-hydrogen) atoms. The highest BCUT2D eigenvalue weighted by molar-refractivity contribution is 6.63. The highest BCUT2D eigenvalue weighted by atomic mass is 16.3. The summed E-state index contributed by atoms with van der Waals surface area (Å²) in [6.45, 7) is 2.10. The zero-order chi connectivity index (χ0) is 14.6. The van der Waals surface area contributed by atoms with E-state index < -0.39 is 0 Å². The van der Waals surface area contributed by atoms with Crippen LogP contribution in [-0.4, -0.2) is 28.5 Å². The first kappa shape index (κ1) is 12.3. The van der Waals surface area contributed by atoms with Crippen molar-refractivity contribution in [1.82, 2.24) is 14.5 Å². The first-order valence-corrected chi connectivity index (χ1v) is 6.98. The standard InChI is InChI=1S/C15H16BN4O/c1-11-5-6-12-13-9-16(20-8-4-7-19(20)3)18(2)10-14(13)21-15(12)17-11/h4-10H,1-3H3/q+1. The van der Waals surface area contributed by atoms with Gasteiger partial charge in [0.25, 0.3) is 0 Å². The Hall–Kier alpha value is -2.50. The van der Waals surface area contributed by atoms with E-state index in [2.05, 4.69) is 44.4 Å². The van der Waals surface area contributed by atoms with Gasteiger partial charge in [0.05, 0.1) is 13.2 Å². The molecule has 1 aliphatic rings. The molecule has 0 spiro atoms. The largest absolute Gasteiger partial charge is 0.669 e. The number of nitrogens with zero attached hydrogens (tertiary/aromatic N) is 4. The van der Waals surface area contributed by atoms with E-state index in [-0.39, 0.29) is 6.98 Å². The molecule has 3 aromatic heterocycles. The van der Waals surface area contributed by atoms with Gasteiger partial charge >= 0.3 is 6.98 Å². The molecule has 0 N–H and O–H groups in total. The Morgan fingerprint density at radius 2 is 2.14 bits per heavy atom. The molecule has 3 aromatic rings. The third kappa shape index (κ3) is 1.79. The van der Waals surface area contributed by atoms with Crippen molar-refractivity contribution in [3.05, 3.63) is 46.9 Å². The molecule has 0 unspecified atom stereocenters. The van der Waals surface area contributed by atoms with Crippen molar-refractivity contribution >= 4 is 30.3 Å². The number of furan rings is 1. The van der Waals surface area contributed by atoms with Crippen LogP contribution in [0.15, 0.2) is 35.0 Å². The van der Waals surface area contributed by atoms with E-state index in [0.717, 1.165) is 21.7 Å². The first-order valence-electron chi connectivity index (χ1n) is 6.98. The van der Waals surface area contributed by atoms with E-state index in [1.165, 1.54) is 0 Å². The molecule has 0 saturated carbocycles. The predicted molar refractivity (Wildman–Crippen MR) is 81.4 cm³/mol. The van der Waals surface area contributed by atoms with E-state index in [9.17, 15) is 0 Å². The van der Waals surface area contributed by atoms with Gasteiger partial charge in [-0.1, -0.05) is 0 Å². The van der Waals surface area contributed by atoms with Crippen LogP contribution in [0.5, 0.6) is 0 Å². The zero-order valence-corrected chi connectivity index (χ0v) is 12.3. The maximum absolute atomic E-state index is 5.88. The minimum absolute atomic E-state index is 0.125. The quantitative estimate of drug-likeness (QED) is 0.579. The molecule has 0 amide bonds. The molecular formula is C15H16BN4O+. The van der Waals surface area contributed by atoms with Crippen LogP contribution in [0.2, 0.25) is 0 Å². The molecule has 104 valence electrons. The van der Waals surface area contributed by atoms with Gasteiger partial charge in [-0.25, -0.2) is 4.98 Å². The molecule has 5 nitrogen and oxygen atoms in total. The van der Waals surface area contributed by atoms with Crippen LogP contribution >= 0.6 is 0 Å².